The van der Waals surface area contributed by atoms with Gasteiger partial charge in [-0.25, -0.2) is 9.98 Å². The fourth-order valence-electron chi connectivity index (χ4n) is 2.87. The SMILES string of the molecule is CC(C)Oc1ccc(NC(=NCc2nccn2C(F)F)NCCCOCC2CC2)cc1. The highest BCUT2D eigenvalue weighted by atomic mass is 19.3. The first kappa shape index (κ1) is 23.0. The van der Waals surface area contributed by atoms with Crippen molar-refractivity contribution >= 4 is 11.6 Å². The summed E-state index contributed by atoms with van der Waals surface area (Å²) in [6.07, 6.45) is 6.06. The van der Waals surface area contributed by atoms with E-state index < -0.39 is 6.55 Å². The molecule has 0 saturated heterocycles. The Hall–Kier alpha value is -2.68. The summed E-state index contributed by atoms with van der Waals surface area (Å²) < 4.78 is 38.2. The van der Waals surface area contributed by atoms with Crippen LogP contribution in [0.15, 0.2) is 41.7 Å². The molecule has 1 aromatic heterocycles. The third kappa shape index (κ3) is 8.16. The lowest BCUT2D eigenvalue weighted by molar-refractivity contribution is 0.0671. The number of halogens is 2. The molecule has 0 amide bonds. The number of imidazole rings is 1. The van der Waals surface area contributed by atoms with Gasteiger partial charge in [0, 0.05) is 37.8 Å². The zero-order chi connectivity index (χ0) is 22.1. The molecule has 1 saturated carbocycles. The van der Waals surface area contributed by atoms with E-state index in [9.17, 15) is 8.78 Å². The minimum Gasteiger partial charge on any atom is -0.491 e. The van der Waals surface area contributed by atoms with Crippen LogP contribution < -0.4 is 15.4 Å². The van der Waals surface area contributed by atoms with Gasteiger partial charge in [-0.3, -0.25) is 4.57 Å². The van der Waals surface area contributed by atoms with E-state index in [1.54, 1.807) is 0 Å². The molecule has 0 spiro atoms. The lowest BCUT2D eigenvalue weighted by atomic mass is 10.3. The summed E-state index contributed by atoms with van der Waals surface area (Å²) in [5, 5.41) is 6.44. The lowest BCUT2D eigenvalue weighted by Gasteiger charge is -2.14. The predicted octanol–water partition coefficient (Wildman–Crippen LogP) is 4.44. The van der Waals surface area contributed by atoms with Gasteiger partial charge in [0.2, 0.25) is 0 Å². The Balaban J connectivity index is 1.57. The summed E-state index contributed by atoms with van der Waals surface area (Å²) in [5.74, 6) is 2.21. The Morgan fingerprint density at radius 3 is 2.71 bits per heavy atom. The van der Waals surface area contributed by atoms with E-state index in [1.165, 1.54) is 25.2 Å². The second-order valence-electron chi connectivity index (χ2n) is 7.81. The van der Waals surface area contributed by atoms with Gasteiger partial charge in [-0.2, -0.15) is 8.78 Å². The number of rotatable bonds is 12. The van der Waals surface area contributed by atoms with Crippen molar-refractivity contribution in [3.63, 3.8) is 0 Å². The number of benzene rings is 1. The molecule has 0 unspecified atom stereocenters. The van der Waals surface area contributed by atoms with Crippen molar-refractivity contribution in [3.8, 4) is 5.75 Å². The van der Waals surface area contributed by atoms with Crippen molar-refractivity contribution in [1.29, 1.82) is 0 Å². The van der Waals surface area contributed by atoms with Crippen LogP contribution in [-0.2, 0) is 11.3 Å². The van der Waals surface area contributed by atoms with Gasteiger partial charge >= 0.3 is 6.55 Å². The molecule has 1 heterocycles. The molecule has 9 heteroatoms. The fourth-order valence-corrected chi connectivity index (χ4v) is 2.87. The van der Waals surface area contributed by atoms with Gasteiger partial charge in [-0.1, -0.05) is 0 Å². The first-order valence-corrected chi connectivity index (χ1v) is 10.7. The normalized spacial score (nSPS) is 14.3. The van der Waals surface area contributed by atoms with Gasteiger partial charge in [-0.15, -0.1) is 0 Å². The summed E-state index contributed by atoms with van der Waals surface area (Å²) >= 11 is 0. The van der Waals surface area contributed by atoms with E-state index in [4.69, 9.17) is 9.47 Å². The molecule has 170 valence electrons. The molecule has 3 rings (SSSR count). The predicted molar refractivity (Wildman–Crippen MR) is 117 cm³/mol. The van der Waals surface area contributed by atoms with Gasteiger partial charge in [0.25, 0.3) is 0 Å². The number of alkyl halides is 2. The molecule has 0 atom stereocenters. The minimum absolute atomic E-state index is 0.0272. The zero-order valence-corrected chi connectivity index (χ0v) is 18.1. The average Bonchev–Trinajstić information content (AvgIpc) is 3.43. The Morgan fingerprint density at radius 2 is 2.03 bits per heavy atom. The molecular formula is C22H31F2N5O2. The summed E-state index contributed by atoms with van der Waals surface area (Å²) in [5.41, 5.74) is 0.810. The number of aliphatic imine (C=N–C) groups is 1. The standard InChI is InChI=1S/C22H31F2N5O2/c1-16(2)31-19-8-6-18(7-9-19)28-22(26-10-3-13-30-15-17-4-5-17)27-14-20-25-11-12-29(20)21(23)24/h6-9,11-12,16-17,21H,3-5,10,13-15H2,1-2H3,(H2,26,27,28). The maximum absolute atomic E-state index is 13.1. The molecule has 0 radical (unpaired) electrons. The highest BCUT2D eigenvalue weighted by Crippen LogP contribution is 2.28. The Morgan fingerprint density at radius 1 is 1.26 bits per heavy atom. The maximum Gasteiger partial charge on any atom is 0.319 e. The van der Waals surface area contributed by atoms with Crippen molar-refractivity contribution in [2.24, 2.45) is 10.9 Å². The van der Waals surface area contributed by atoms with Gasteiger partial charge in [0.15, 0.2) is 5.96 Å². The van der Waals surface area contributed by atoms with E-state index >= 15 is 0 Å². The van der Waals surface area contributed by atoms with Gasteiger partial charge in [0.05, 0.1) is 6.10 Å². The summed E-state index contributed by atoms with van der Waals surface area (Å²) in [4.78, 5) is 8.42. The maximum atomic E-state index is 13.1. The van der Waals surface area contributed by atoms with Crippen LogP contribution in [0.2, 0.25) is 0 Å². The van der Waals surface area contributed by atoms with Crippen LogP contribution in [0.5, 0.6) is 5.75 Å². The van der Waals surface area contributed by atoms with Gasteiger partial charge < -0.3 is 20.1 Å². The molecule has 1 aromatic carbocycles. The van der Waals surface area contributed by atoms with Crippen LogP contribution in [0.3, 0.4) is 0 Å². The number of nitrogens with one attached hydrogen (secondary N) is 2. The lowest BCUT2D eigenvalue weighted by Crippen LogP contribution is -2.32. The molecule has 1 aliphatic rings. The largest absolute Gasteiger partial charge is 0.491 e. The van der Waals surface area contributed by atoms with Crippen molar-refractivity contribution in [2.75, 3.05) is 25.1 Å². The van der Waals surface area contributed by atoms with Crippen molar-refractivity contribution in [1.82, 2.24) is 14.9 Å². The fraction of sp³-hybridized carbons (Fsp3) is 0.545. The molecule has 2 aromatic rings. The number of hydrogen-bond acceptors (Lipinski definition) is 4. The average molecular weight is 436 g/mol. The van der Waals surface area contributed by atoms with Gasteiger partial charge in [0.1, 0.15) is 18.1 Å². The van der Waals surface area contributed by atoms with E-state index in [0.29, 0.717) is 19.1 Å². The van der Waals surface area contributed by atoms with Crippen molar-refractivity contribution in [3.05, 3.63) is 42.5 Å². The van der Waals surface area contributed by atoms with Crippen LogP contribution in [0, 0.1) is 5.92 Å². The van der Waals surface area contributed by atoms with E-state index in [0.717, 1.165) is 34.9 Å². The second-order valence-corrected chi connectivity index (χ2v) is 7.81. The van der Waals surface area contributed by atoms with E-state index in [1.807, 2.05) is 38.1 Å². The third-order valence-electron chi connectivity index (χ3n) is 4.63. The van der Waals surface area contributed by atoms with Gasteiger partial charge in [-0.05, 0) is 63.3 Å². The summed E-state index contributed by atoms with van der Waals surface area (Å²) in [7, 11) is 0. The first-order chi connectivity index (χ1) is 15.0. The molecule has 0 bridgehead atoms. The zero-order valence-electron chi connectivity index (χ0n) is 18.1. The van der Waals surface area contributed by atoms with Crippen molar-refractivity contribution in [2.45, 2.75) is 52.3 Å². The molecule has 31 heavy (non-hydrogen) atoms. The third-order valence-corrected chi connectivity index (χ3v) is 4.63. The van der Waals surface area contributed by atoms with E-state index in [-0.39, 0.29) is 18.5 Å². The quantitative estimate of drug-likeness (QED) is 0.293. The molecule has 2 N–H and O–H groups in total. The number of guanidine groups is 1. The van der Waals surface area contributed by atoms with Crippen molar-refractivity contribution < 1.29 is 18.3 Å². The highest BCUT2D eigenvalue weighted by Gasteiger charge is 2.20. The van der Waals surface area contributed by atoms with Crippen LogP contribution in [-0.4, -0.2) is 41.4 Å². The highest BCUT2D eigenvalue weighted by molar-refractivity contribution is 5.93. The first-order valence-electron chi connectivity index (χ1n) is 10.7. The molecule has 7 nitrogen and oxygen atoms in total. The van der Waals surface area contributed by atoms with E-state index in [2.05, 4.69) is 20.6 Å². The Labute approximate surface area is 181 Å². The number of nitrogens with zero attached hydrogens (tertiary/aromatic N) is 3. The van der Waals surface area contributed by atoms with Crippen LogP contribution in [0.1, 0.15) is 45.5 Å². The smallest absolute Gasteiger partial charge is 0.319 e. The summed E-state index contributed by atoms with van der Waals surface area (Å²) in [6.45, 7) is 3.48. The topological polar surface area (TPSA) is 72.7 Å². The molecule has 1 fully saturated rings. The van der Waals surface area contributed by atoms with Crippen LogP contribution in [0.4, 0.5) is 14.5 Å². The second kappa shape index (κ2) is 11.6. The molecule has 0 aliphatic heterocycles. The Bertz CT molecular complexity index is 820. The number of aromatic nitrogens is 2. The number of hydrogen-bond donors (Lipinski definition) is 2. The number of anilines is 1. The molecule has 1 aliphatic carbocycles. The monoisotopic (exact) mass is 435 g/mol. The number of ether oxygens (including phenoxy) is 2. The molecular weight excluding hydrogens is 404 g/mol. The Kier molecular flexibility index (Phi) is 8.63. The van der Waals surface area contributed by atoms with Crippen LogP contribution in [0.25, 0.3) is 0 Å². The van der Waals surface area contributed by atoms with Crippen LogP contribution >= 0.6 is 0 Å². The summed E-state index contributed by atoms with van der Waals surface area (Å²) in [6, 6.07) is 7.51. The minimum atomic E-state index is -2.64.